The van der Waals surface area contributed by atoms with Gasteiger partial charge in [-0.2, -0.15) is 0 Å². The number of hydrogen-bond acceptors (Lipinski definition) is 7. The number of para-hydroxylation sites is 2. The van der Waals surface area contributed by atoms with E-state index in [4.69, 9.17) is 13.9 Å². The second kappa shape index (κ2) is 11.0. The zero-order valence-corrected chi connectivity index (χ0v) is 22.1. The maximum absolute atomic E-state index is 13.9. The molecule has 0 bridgehead atoms. The van der Waals surface area contributed by atoms with E-state index in [0.29, 0.717) is 46.7 Å². The highest BCUT2D eigenvalue weighted by molar-refractivity contribution is 6.16. The van der Waals surface area contributed by atoms with Crippen molar-refractivity contribution < 1.29 is 28.6 Å². The van der Waals surface area contributed by atoms with Gasteiger partial charge < -0.3 is 28.8 Å². The Hall–Kier alpha value is -4.56. The van der Waals surface area contributed by atoms with Gasteiger partial charge in [0.1, 0.15) is 11.5 Å². The van der Waals surface area contributed by atoms with Gasteiger partial charge in [-0.3, -0.25) is 9.59 Å². The number of carbonyl (C=O) groups is 2. The van der Waals surface area contributed by atoms with Gasteiger partial charge in [0, 0.05) is 11.9 Å². The molecule has 8 nitrogen and oxygen atoms in total. The van der Waals surface area contributed by atoms with Crippen molar-refractivity contribution in [1.29, 1.82) is 0 Å². The van der Waals surface area contributed by atoms with E-state index in [-0.39, 0.29) is 11.3 Å². The van der Waals surface area contributed by atoms with Crippen LogP contribution in [0.15, 0.2) is 94.6 Å². The Morgan fingerprint density at radius 3 is 2.49 bits per heavy atom. The molecule has 1 N–H and O–H groups in total. The van der Waals surface area contributed by atoms with Crippen molar-refractivity contribution in [3.05, 3.63) is 102 Å². The normalized spacial score (nSPS) is 15.4. The van der Waals surface area contributed by atoms with E-state index >= 15 is 0 Å². The van der Waals surface area contributed by atoms with Crippen LogP contribution in [0.2, 0.25) is 0 Å². The highest BCUT2D eigenvalue weighted by Crippen LogP contribution is 2.41. The van der Waals surface area contributed by atoms with E-state index in [1.165, 1.54) is 12.0 Å². The molecule has 0 saturated heterocycles. The van der Waals surface area contributed by atoms with Crippen LogP contribution in [0, 0.1) is 0 Å². The Bertz CT molecular complexity index is 1540. The first-order chi connectivity index (χ1) is 18.9. The number of methoxy groups -OCH3 is 1. The summed E-state index contributed by atoms with van der Waals surface area (Å²) in [5.74, 6) is -0.0204. The molecule has 39 heavy (non-hydrogen) atoms. The molecule has 4 aromatic rings. The lowest BCUT2D eigenvalue weighted by Crippen LogP contribution is -2.33. The minimum Gasteiger partial charge on any atom is -0.503 e. The van der Waals surface area contributed by atoms with Crippen LogP contribution in [-0.4, -0.2) is 60.9 Å². The lowest BCUT2D eigenvalue weighted by Gasteiger charge is -2.27. The van der Waals surface area contributed by atoms with Crippen molar-refractivity contribution in [2.75, 3.05) is 34.3 Å². The van der Waals surface area contributed by atoms with Gasteiger partial charge in [0.05, 0.1) is 18.7 Å². The summed E-state index contributed by atoms with van der Waals surface area (Å²) < 4.78 is 17.3. The highest BCUT2D eigenvalue weighted by Gasteiger charge is 2.44. The zero-order chi connectivity index (χ0) is 27.5. The van der Waals surface area contributed by atoms with E-state index in [9.17, 15) is 14.7 Å². The van der Waals surface area contributed by atoms with Crippen LogP contribution in [0.3, 0.4) is 0 Å². The van der Waals surface area contributed by atoms with Crippen LogP contribution < -0.4 is 9.47 Å². The minimum atomic E-state index is -0.818. The van der Waals surface area contributed by atoms with Crippen molar-refractivity contribution in [1.82, 2.24) is 9.80 Å². The fourth-order valence-electron chi connectivity index (χ4n) is 4.83. The molecule has 1 unspecified atom stereocenters. The summed E-state index contributed by atoms with van der Waals surface area (Å²) in [7, 11) is 5.43. The quantitative estimate of drug-likeness (QED) is 0.263. The number of carbonyl (C=O) groups excluding carboxylic acids is 2. The number of ether oxygens (including phenoxy) is 2. The van der Waals surface area contributed by atoms with Crippen molar-refractivity contribution >= 4 is 22.7 Å². The third-order valence-corrected chi connectivity index (χ3v) is 6.66. The molecule has 0 spiro atoms. The van der Waals surface area contributed by atoms with Crippen LogP contribution in [0.5, 0.6) is 17.2 Å². The van der Waals surface area contributed by atoms with Gasteiger partial charge in [0.2, 0.25) is 5.78 Å². The third kappa shape index (κ3) is 5.24. The van der Waals surface area contributed by atoms with Crippen molar-refractivity contribution in [3.63, 3.8) is 0 Å². The molecule has 5 rings (SSSR count). The first kappa shape index (κ1) is 26.1. The Morgan fingerprint density at radius 2 is 1.74 bits per heavy atom. The predicted molar refractivity (Wildman–Crippen MR) is 147 cm³/mol. The summed E-state index contributed by atoms with van der Waals surface area (Å²) in [6, 6.07) is 22.7. The van der Waals surface area contributed by atoms with Crippen LogP contribution in [-0.2, 0) is 4.79 Å². The lowest BCUT2D eigenvalue weighted by atomic mass is 9.94. The molecule has 0 fully saturated rings. The Morgan fingerprint density at radius 1 is 1.00 bits per heavy atom. The van der Waals surface area contributed by atoms with Crippen molar-refractivity contribution in [2.45, 2.75) is 12.5 Å². The summed E-state index contributed by atoms with van der Waals surface area (Å²) in [5.41, 5.74) is 1.04. The van der Waals surface area contributed by atoms with Crippen LogP contribution in [0.4, 0.5) is 0 Å². The molecule has 1 amide bonds. The van der Waals surface area contributed by atoms with E-state index in [0.717, 1.165) is 6.54 Å². The van der Waals surface area contributed by atoms with E-state index in [2.05, 4.69) is 0 Å². The molecule has 0 radical (unpaired) electrons. The number of nitrogens with zero attached hydrogens (tertiary/aromatic N) is 2. The summed E-state index contributed by atoms with van der Waals surface area (Å²) >= 11 is 0. The number of Topliss-reactive ketones (excluding diaryl/α,β-unsaturated/α-hetero) is 1. The van der Waals surface area contributed by atoms with Crippen LogP contribution in [0.25, 0.3) is 11.0 Å². The fraction of sp³-hybridized carbons (Fsp3) is 0.226. The summed E-state index contributed by atoms with van der Waals surface area (Å²) in [4.78, 5) is 30.8. The molecular formula is C31H30N2O6. The van der Waals surface area contributed by atoms with Gasteiger partial charge in [-0.05, 0) is 69.0 Å². The fourth-order valence-corrected chi connectivity index (χ4v) is 4.83. The molecule has 3 aromatic carbocycles. The average molecular weight is 527 g/mol. The molecule has 1 aliphatic rings. The number of amides is 1. The molecule has 1 atom stereocenters. The third-order valence-electron chi connectivity index (χ3n) is 6.66. The molecule has 2 heterocycles. The van der Waals surface area contributed by atoms with E-state index in [1.54, 1.807) is 36.4 Å². The number of hydrogen-bond donors (Lipinski definition) is 1. The van der Waals surface area contributed by atoms with Gasteiger partial charge >= 0.3 is 0 Å². The number of fused-ring (bicyclic) bond motifs is 1. The number of ketones is 1. The molecule has 0 aliphatic carbocycles. The number of furan rings is 1. The van der Waals surface area contributed by atoms with Crippen molar-refractivity contribution in [3.8, 4) is 17.2 Å². The Kier molecular flexibility index (Phi) is 7.38. The first-order valence-corrected chi connectivity index (χ1v) is 12.7. The lowest BCUT2D eigenvalue weighted by molar-refractivity contribution is -0.129. The summed E-state index contributed by atoms with van der Waals surface area (Å²) in [5, 5.41) is 11.7. The molecular weight excluding hydrogens is 496 g/mol. The van der Waals surface area contributed by atoms with Gasteiger partial charge in [-0.1, -0.05) is 42.5 Å². The van der Waals surface area contributed by atoms with E-state index < -0.39 is 23.5 Å². The number of benzene rings is 3. The van der Waals surface area contributed by atoms with Gasteiger partial charge in [-0.25, -0.2) is 0 Å². The molecule has 200 valence electrons. The molecule has 1 aromatic heterocycles. The maximum atomic E-state index is 13.9. The van der Waals surface area contributed by atoms with Gasteiger partial charge in [-0.15, -0.1) is 0 Å². The molecule has 1 aliphatic heterocycles. The summed E-state index contributed by atoms with van der Waals surface area (Å²) in [6.45, 7) is 1.08. The van der Waals surface area contributed by atoms with Crippen LogP contribution >= 0.6 is 0 Å². The largest absolute Gasteiger partial charge is 0.503 e. The smallest absolute Gasteiger partial charge is 0.290 e. The second-order valence-electron chi connectivity index (χ2n) is 9.63. The number of aliphatic hydroxyl groups excluding tert-OH is 1. The Labute approximate surface area is 226 Å². The molecule has 8 heteroatoms. The van der Waals surface area contributed by atoms with Gasteiger partial charge in [0.25, 0.3) is 5.91 Å². The maximum Gasteiger partial charge on any atom is 0.290 e. The second-order valence-corrected chi connectivity index (χ2v) is 9.63. The van der Waals surface area contributed by atoms with E-state index in [1.807, 2.05) is 61.5 Å². The average Bonchev–Trinajstić information content (AvgIpc) is 3.48. The summed E-state index contributed by atoms with van der Waals surface area (Å²) in [6.07, 6.45) is 0.659. The number of aliphatic hydroxyl groups is 1. The predicted octanol–water partition coefficient (Wildman–Crippen LogP) is 5.76. The standard InChI is InChI=1S/C31H30N2O6/c1-32(2)16-9-17-33-27(20-10-7-14-23(18-20)38-22-12-5-4-6-13-22)26(29(35)31(33)36)28(34)25-19-21-11-8-15-24(37-3)30(21)39-25/h4-8,10-15,18-19,27,35H,9,16-17H2,1-3H3. The number of rotatable bonds is 10. The Balaban J connectivity index is 1.55. The monoisotopic (exact) mass is 526 g/mol. The zero-order valence-electron chi connectivity index (χ0n) is 22.1. The van der Waals surface area contributed by atoms with Crippen LogP contribution in [0.1, 0.15) is 28.6 Å². The first-order valence-electron chi connectivity index (χ1n) is 12.7. The van der Waals surface area contributed by atoms with Crippen molar-refractivity contribution in [2.24, 2.45) is 0 Å². The minimum absolute atomic E-state index is 0.0145. The molecule has 0 saturated carbocycles. The highest BCUT2D eigenvalue weighted by atomic mass is 16.5. The van der Waals surface area contributed by atoms with Gasteiger partial charge in [0.15, 0.2) is 22.9 Å². The SMILES string of the molecule is COc1cccc2cc(C(=O)C3=C(O)C(=O)N(CCCN(C)C)C3c3cccc(Oc4ccccc4)c3)oc12. The topological polar surface area (TPSA) is 92.5 Å².